The van der Waals surface area contributed by atoms with Crippen molar-refractivity contribution in [3.63, 3.8) is 0 Å². The lowest BCUT2D eigenvalue weighted by atomic mass is 10.2. The molecule has 3 aromatic heterocycles. The number of hydrogen-bond acceptors (Lipinski definition) is 7. The molecule has 9 heteroatoms. The highest BCUT2D eigenvalue weighted by atomic mass is 79.9. The average Bonchev–Trinajstić information content (AvgIpc) is 3.10. The van der Waals surface area contributed by atoms with E-state index in [0.717, 1.165) is 26.2 Å². The number of nitrogens with zero attached hydrogens (tertiary/aromatic N) is 5. The molecule has 4 aromatic rings. The molecule has 0 unspecified atom stereocenters. The summed E-state index contributed by atoms with van der Waals surface area (Å²) in [5, 5.41) is 18.1. The Hall–Kier alpha value is -1.97. The smallest absolute Gasteiger partial charge is 0.257 e. The molecule has 0 atom stereocenters. The van der Waals surface area contributed by atoms with Gasteiger partial charge in [-0.1, -0.05) is 42.1 Å². The van der Waals surface area contributed by atoms with E-state index < -0.39 is 0 Å². The molecule has 1 aliphatic rings. The summed E-state index contributed by atoms with van der Waals surface area (Å²) in [4.78, 5) is 0.957. The van der Waals surface area contributed by atoms with Gasteiger partial charge < -0.3 is 8.98 Å². The number of hydrogen-bond donors (Lipinski definition) is 0. The first-order valence-electron chi connectivity index (χ1n) is 8.94. The Balaban J connectivity index is 1.33. The quantitative estimate of drug-likeness (QED) is 0.336. The maximum atomic E-state index is 5.82. The minimum Gasteiger partial charge on any atom is -0.419 e. The predicted octanol–water partition coefficient (Wildman–Crippen LogP) is 5.37. The van der Waals surface area contributed by atoms with E-state index in [-0.39, 0.29) is 0 Å². The molecule has 142 valence electrons. The molecule has 6 nitrogen and oxygen atoms in total. The summed E-state index contributed by atoms with van der Waals surface area (Å²) in [6, 6.07) is 14.4. The predicted molar refractivity (Wildman–Crippen MR) is 112 cm³/mol. The molecular formula is C19H16BrN5OS2. The van der Waals surface area contributed by atoms with Gasteiger partial charge in [-0.2, -0.15) is 0 Å². The fraction of sp³-hybridized carbons (Fsp3) is 0.263. The molecule has 0 aliphatic heterocycles. The van der Waals surface area contributed by atoms with E-state index in [4.69, 9.17) is 4.42 Å². The monoisotopic (exact) mass is 473 g/mol. The number of rotatable bonds is 7. The fourth-order valence-electron chi connectivity index (χ4n) is 2.93. The Kier molecular flexibility index (Phi) is 5.04. The molecule has 0 bridgehead atoms. The van der Waals surface area contributed by atoms with Crippen LogP contribution in [0.15, 0.2) is 55.8 Å². The van der Waals surface area contributed by atoms with E-state index in [1.807, 2.05) is 18.2 Å². The van der Waals surface area contributed by atoms with Crippen molar-refractivity contribution in [2.75, 3.05) is 0 Å². The third kappa shape index (κ3) is 3.92. The first-order chi connectivity index (χ1) is 13.8. The zero-order chi connectivity index (χ0) is 18.9. The van der Waals surface area contributed by atoms with Crippen LogP contribution in [0.25, 0.3) is 10.8 Å². The molecule has 0 spiro atoms. The topological polar surface area (TPSA) is 69.6 Å². The van der Waals surface area contributed by atoms with E-state index in [1.165, 1.54) is 18.4 Å². The molecule has 0 N–H and O–H groups in total. The van der Waals surface area contributed by atoms with Crippen LogP contribution in [0, 0.1) is 0 Å². The van der Waals surface area contributed by atoms with Crippen LogP contribution in [0.4, 0.5) is 0 Å². The molecule has 1 saturated carbocycles. The van der Waals surface area contributed by atoms with Crippen LogP contribution >= 0.6 is 39.0 Å². The summed E-state index contributed by atoms with van der Waals surface area (Å²) < 4.78 is 9.09. The minimum atomic E-state index is 0.540. The van der Waals surface area contributed by atoms with Crippen LogP contribution in [0.1, 0.15) is 36.0 Å². The number of aromatic nitrogens is 5. The molecule has 0 amide bonds. The number of halogens is 1. The maximum Gasteiger partial charge on any atom is 0.257 e. The zero-order valence-electron chi connectivity index (χ0n) is 14.8. The summed E-state index contributed by atoms with van der Waals surface area (Å²) in [5.41, 5.74) is 1.24. The molecule has 5 rings (SSSR count). The maximum absolute atomic E-state index is 5.82. The van der Waals surface area contributed by atoms with Gasteiger partial charge in [0.05, 0.1) is 21.0 Å². The largest absolute Gasteiger partial charge is 0.419 e. The van der Waals surface area contributed by atoms with Crippen molar-refractivity contribution in [3.8, 4) is 10.8 Å². The van der Waals surface area contributed by atoms with Crippen molar-refractivity contribution < 1.29 is 4.42 Å². The van der Waals surface area contributed by atoms with Crippen LogP contribution in [-0.4, -0.2) is 25.0 Å². The van der Waals surface area contributed by atoms with Crippen LogP contribution in [-0.2, 0) is 12.3 Å². The molecule has 3 heterocycles. The Bertz CT molecular complexity index is 1090. The van der Waals surface area contributed by atoms with Gasteiger partial charge in [-0.05, 0) is 46.5 Å². The highest BCUT2D eigenvalue weighted by molar-refractivity contribution is 9.11. The SMILES string of the molecule is Brc1ccc(-c2nnc(CSc3nnc(C4CC4)n3Cc3ccccc3)o2)s1. The van der Waals surface area contributed by atoms with Crippen molar-refractivity contribution >= 4 is 39.0 Å². The van der Waals surface area contributed by atoms with Gasteiger partial charge in [0.1, 0.15) is 5.82 Å². The van der Waals surface area contributed by atoms with Gasteiger partial charge in [0.15, 0.2) is 5.16 Å². The molecule has 28 heavy (non-hydrogen) atoms. The third-order valence-corrected chi connectivity index (χ3v) is 7.01. The third-order valence-electron chi connectivity index (χ3n) is 4.45. The summed E-state index contributed by atoms with van der Waals surface area (Å²) in [5.74, 6) is 3.33. The van der Waals surface area contributed by atoms with Gasteiger partial charge in [0.2, 0.25) is 5.89 Å². The van der Waals surface area contributed by atoms with Gasteiger partial charge in [0.25, 0.3) is 5.89 Å². The Morgan fingerprint density at radius 2 is 1.93 bits per heavy atom. The first kappa shape index (κ1) is 18.1. The van der Waals surface area contributed by atoms with E-state index in [1.54, 1.807) is 23.1 Å². The molecule has 0 radical (unpaired) electrons. The van der Waals surface area contributed by atoms with Crippen molar-refractivity contribution in [2.24, 2.45) is 0 Å². The van der Waals surface area contributed by atoms with Crippen LogP contribution < -0.4 is 0 Å². The van der Waals surface area contributed by atoms with Crippen LogP contribution in [0.5, 0.6) is 0 Å². The van der Waals surface area contributed by atoms with E-state index in [9.17, 15) is 0 Å². The lowest BCUT2D eigenvalue weighted by molar-refractivity contribution is 0.529. The standard InChI is InChI=1S/C19H16BrN5OS2/c20-15-9-8-14(28-15)18-23-21-16(26-18)11-27-19-24-22-17(13-6-7-13)25(19)10-12-4-2-1-3-5-12/h1-5,8-9,13H,6-7,10-11H2. The summed E-state index contributed by atoms with van der Waals surface area (Å²) >= 11 is 6.62. The number of thiophene rings is 1. The second-order valence-electron chi connectivity index (χ2n) is 6.58. The van der Waals surface area contributed by atoms with E-state index in [2.05, 4.69) is 65.2 Å². The number of benzene rings is 1. The van der Waals surface area contributed by atoms with Crippen molar-refractivity contribution in [1.29, 1.82) is 0 Å². The van der Waals surface area contributed by atoms with Crippen LogP contribution in [0.2, 0.25) is 0 Å². The Morgan fingerprint density at radius 1 is 1.07 bits per heavy atom. The van der Waals surface area contributed by atoms with Gasteiger partial charge in [-0.25, -0.2) is 0 Å². The van der Waals surface area contributed by atoms with Crippen LogP contribution in [0.3, 0.4) is 0 Å². The second-order valence-corrected chi connectivity index (χ2v) is 9.99. The van der Waals surface area contributed by atoms with Crippen molar-refractivity contribution in [1.82, 2.24) is 25.0 Å². The average molecular weight is 474 g/mol. The molecular weight excluding hydrogens is 458 g/mol. The molecule has 1 aromatic carbocycles. The van der Waals surface area contributed by atoms with E-state index in [0.29, 0.717) is 23.5 Å². The zero-order valence-corrected chi connectivity index (χ0v) is 18.0. The fourth-order valence-corrected chi connectivity index (χ4v) is 5.02. The van der Waals surface area contributed by atoms with Gasteiger partial charge in [-0.15, -0.1) is 31.7 Å². The van der Waals surface area contributed by atoms with Crippen molar-refractivity contribution in [2.45, 2.75) is 36.2 Å². The number of thioether (sulfide) groups is 1. The Labute approximate surface area is 178 Å². The Morgan fingerprint density at radius 3 is 2.68 bits per heavy atom. The van der Waals surface area contributed by atoms with Gasteiger partial charge >= 0.3 is 0 Å². The summed E-state index contributed by atoms with van der Waals surface area (Å²) in [7, 11) is 0. The summed E-state index contributed by atoms with van der Waals surface area (Å²) in [6.45, 7) is 0.778. The lowest BCUT2D eigenvalue weighted by Crippen LogP contribution is -2.06. The van der Waals surface area contributed by atoms with Crippen molar-refractivity contribution in [3.05, 3.63) is 63.5 Å². The lowest BCUT2D eigenvalue weighted by Gasteiger charge is -2.09. The minimum absolute atomic E-state index is 0.540. The van der Waals surface area contributed by atoms with E-state index >= 15 is 0 Å². The van der Waals surface area contributed by atoms with Gasteiger partial charge in [-0.3, -0.25) is 0 Å². The highest BCUT2D eigenvalue weighted by Crippen LogP contribution is 2.40. The molecule has 0 saturated heterocycles. The normalized spacial score (nSPS) is 13.9. The highest BCUT2D eigenvalue weighted by Gasteiger charge is 2.30. The second kappa shape index (κ2) is 7.81. The van der Waals surface area contributed by atoms with Gasteiger partial charge in [0, 0.05) is 5.92 Å². The summed E-state index contributed by atoms with van der Waals surface area (Å²) in [6.07, 6.45) is 2.39. The molecule has 1 aliphatic carbocycles. The first-order valence-corrected chi connectivity index (χ1v) is 11.5. The molecule has 1 fully saturated rings.